The van der Waals surface area contributed by atoms with E-state index in [0.29, 0.717) is 5.02 Å². The van der Waals surface area contributed by atoms with E-state index in [1.807, 2.05) is 18.2 Å². The zero-order valence-corrected chi connectivity index (χ0v) is 15.9. The van der Waals surface area contributed by atoms with E-state index in [1.165, 1.54) is 5.56 Å². The molecular formula is C18H19BrCl2N2. The van der Waals surface area contributed by atoms with Crippen molar-refractivity contribution in [1.82, 2.24) is 9.80 Å². The van der Waals surface area contributed by atoms with Crippen molar-refractivity contribution in [3.8, 4) is 0 Å². The third kappa shape index (κ3) is 4.94. The van der Waals surface area contributed by atoms with Crippen molar-refractivity contribution >= 4 is 39.1 Å². The molecule has 5 heteroatoms. The highest BCUT2D eigenvalue weighted by molar-refractivity contribution is 9.10. The number of rotatable bonds is 4. The van der Waals surface area contributed by atoms with Crippen LogP contribution in [0.3, 0.4) is 0 Å². The Morgan fingerprint density at radius 3 is 2.22 bits per heavy atom. The van der Waals surface area contributed by atoms with Crippen molar-refractivity contribution in [2.24, 2.45) is 0 Å². The van der Waals surface area contributed by atoms with E-state index in [9.17, 15) is 0 Å². The van der Waals surface area contributed by atoms with Gasteiger partial charge in [0, 0.05) is 53.8 Å². The van der Waals surface area contributed by atoms with Crippen LogP contribution in [0.1, 0.15) is 11.1 Å². The van der Waals surface area contributed by atoms with Crippen LogP contribution < -0.4 is 0 Å². The fraction of sp³-hybridized carbons (Fsp3) is 0.333. The van der Waals surface area contributed by atoms with E-state index >= 15 is 0 Å². The molecule has 0 bridgehead atoms. The van der Waals surface area contributed by atoms with Gasteiger partial charge in [-0.05, 0) is 35.4 Å². The number of hydrogen-bond donors (Lipinski definition) is 0. The van der Waals surface area contributed by atoms with Gasteiger partial charge in [-0.3, -0.25) is 9.80 Å². The van der Waals surface area contributed by atoms with Gasteiger partial charge in [0.1, 0.15) is 0 Å². The molecule has 0 spiro atoms. The third-order valence-corrected chi connectivity index (χ3v) is 5.25. The van der Waals surface area contributed by atoms with E-state index in [4.69, 9.17) is 23.2 Å². The lowest BCUT2D eigenvalue weighted by Crippen LogP contribution is -2.45. The number of hydrogen-bond acceptors (Lipinski definition) is 2. The van der Waals surface area contributed by atoms with Crippen molar-refractivity contribution < 1.29 is 0 Å². The third-order valence-electron chi connectivity index (χ3n) is 4.17. The molecule has 0 N–H and O–H groups in total. The Labute approximate surface area is 156 Å². The molecule has 0 radical (unpaired) electrons. The molecule has 2 aromatic carbocycles. The number of halogens is 3. The molecule has 1 aliphatic heterocycles. The number of benzene rings is 2. The van der Waals surface area contributed by atoms with E-state index in [0.717, 1.165) is 54.3 Å². The van der Waals surface area contributed by atoms with E-state index < -0.39 is 0 Å². The second kappa shape index (κ2) is 8.00. The summed E-state index contributed by atoms with van der Waals surface area (Å²) in [7, 11) is 0. The predicted molar refractivity (Wildman–Crippen MR) is 101 cm³/mol. The van der Waals surface area contributed by atoms with Crippen molar-refractivity contribution in [2.75, 3.05) is 26.2 Å². The highest BCUT2D eigenvalue weighted by atomic mass is 79.9. The normalized spacial score (nSPS) is 16.7. The average molecular weight is 414 g/mol. The first-order valence-electron chi connectivity index (χ1n) is 7.73. The first kappa shape index (κ1) is 17.2. The minimum absolute atomic E-state index is 0.692. The van der Waals surface area contributed by atoms with Crippen LogP contribution in [-0.4, -0.2) is 36.0 Å². The smallest absolute Gasteiger partial charge is 0.0465 e. The topological polar surface area (TPSA) is 6.48 Å². The molecule has 0 saturated carbocycles. The summed E-state index contributed by atoms with van der Waals surface area (Å²) >= 11 is 15.8. The van der Waals surface area contributed by atoms with E-state index in [2.05, 4.69) is 50.0 Å². The number of nitrogens with zero attached hydrogens (tertiary/aromatic N) is 2. The predicted octanol–water partition coefficient (Wildman–Crippen LogP) is 5.07. The molecule has 3 rings (SSSR count). The van der Waals surface area contributed by atoms with Gasteiger partial charge in [-0.2, -0.15) is 0 Å². The van der Waals surface area contributed by atoms with Gasteiger partial charge >= 0.3 is 0 Å². The van der Waals surface area contributed by atoms with E-state index in [1.54, 1.807) is 0 Å². The lowest BCUT2D eigenvalue weighted by atomic mass is 10.1. The highest BCUT2D eigenvalue weighted by Gasteiger charge is 2.18. The molecule has 2 aromatic rings. The van der Waals surface area contributed by atoms with Gasteiger partial charge in [0.05, 0.1) is 0 Å². The molecule has 0 aliphatic carbocycles. The Hall–Kier alpha value is -0.580. The first-order valence-corrected chi connectivity index (χ1v) is 9.28. The maximum Gasteiger partial charge on any atom is 0.0465 e. The minimum atomic E-state index is 0.692. The van der Waals surface area contributed by atoms with Gasteiger partial charge in [-0.1, -0.05) is 57.3 Å². The van der Waals surface area contributed by atoms with Crippen molar-refractivity contribution in [1.29, 1.82) is 0 Å². The second-order valence-corrected chi connectivity index (χ2v) is 7.68. The standard InChI is InChI=1S/C18H19BrCl2N2/c19-16-3-1-2-14(10-16)12-22-6-8-23(9-7-22)13-15-4-5-17(20)11-18(15)21/h1-5,10-11H,6-9,12-13H2. The largest absolute Gasteiger partial charge is 0.297 e. The maximum atomic E-state index is 6.27. The summed E-state index contributed by atoms with van der Waals surface area (Å²) in [5, 5.41) is 1.45. The fourth-order valence-corrected chi connectivity index (χ4v) is 3.80. The first-order chi connectivity index (χ1) is 11.1. The van der Waals surface area contributed by atoms with Crippen LogP contribution in [0.5, 0.6) is 0 Å². The lowest BCUT2D eigenvalue weighted by molar-refractivity contribution is 0.122. The van der Waals surface area contributed by atoms with Gasteiger partial charge in [-0.25, -0.2) is 0 Å². The molecule has 122 valence electrons. The molecule has 1 saturated heterocycles. The minimum Gasteiger partial charge on any atom is -0.297 e. The SMILES string of the molecule is Clc1ccc(CN2CCN(Cc3cccc(Br)c3)CC2)c(Cl)c1. The zero-order chi connectivity index (χ0) is 16.2. The van der Waals surface area contributed by atoms with Crippen molar-refractivity contribution in [3.05, 3.63) is 68.1 Å². The monoisotopic (exact) mass is 412 g/mol. The van der Waals surface area contributed by atoms with Gasteiger partial charge in [0.25, 0.3) is 0 Å². The quantitative estimate of drug-likeness (QED) is 0.689. The summed E-state index contributed by atoms with van der Waals surface area (Å²) in [4.78, 5) is 4.95. The summed E-state index contributed by atoms with van der Waals surface area (Å²) in [6.45, 7) is 6.19. The molecule has 0 aromatic heterocycles. The fourth-order valence-electron chi connectivity index (χ4n) is 2.89. The summed E-state index contributed by atoms with van der Waals surface area (Å²) < 4.78 is 1.14. The molecule has 0 unspecified atom stereocenters. The molecule has 1 fully saturated rings. The Balaban J connectivity index is 1.52. The van der Waals surface area contributed by atoms with Crippen LogP contribution in [0.2, 0.25) is 10.0 Å². The van der Waals surface area contributed by atoms with Gasteiger partial charge in [0.2, 0.25) is 0 Å². The molecular weight excluding hydrogens is 395 g/mol. The summed E-state index contributed by atoms with van der Waals surface area (Å²) in [5.41, 5.74) is 2.50. The second-order valence-electron chi connectivity index (χ2n) is 5.92. The van der Waals surface area contributed by atoms with Gasteiger partial charge < -0.3 is 0 Å². The zero-order valence-electron chi connectivity index (χ0n) is 12.8. The summed E-state index contributed by atoms with van der Waals surface area (Å²) in [6, 6.07) is 14.3. The molecule has 1 heterocycles. The molecule has 1 aliphatic rings. The van der Waals surface area contributed by atoms with Gasteiger partial charge in [0.15, 0.2) is 0 Å². The maximum absolute atomic E-state index is 6.27. The van der Waals surface area contributed by atoms with Crippen LogP contribution in [0.15, 0.2) is 46.9 Å². The summed E-state index contributed by atoms with van der Waals surface area (Å²) in [6.07, 6.45) is 0. The Morgan fingerprint density at radius 1 is 0.870 bits per heavy atom. The Bertz CT molecular complexity index is 670. The molecule has 0 amide bonds. The Morgan fingerprint density at radius 2 is 1.57 bits per heavy atom. The molecule has 0 atom stereocenters. The average Bonchev–Trinajstić information content (AvgIpc) is 2.52. The Kier molecular flexibility index (Phi) is 6.00. The highest BCUT2D eigenvalue weighted by Crippen LogP contribution is 2.23. The van der Waals surface area contributed by atoms with Crippen LogP contribution in [0, 0.1) is 0 Å². The van der Waals surface area contributed by atoms with Gasteiger partial charge in [-0.15, -0.1) is 0 Å². The van der Waals surface area contributed by atoms with Crippen molar-refractivity contribution in [2.45, 2.75) is 13.1 Å². The summed E-state index contributed by atoms with van der Waals surface area (Å²) in [5.74, 6) is 0. The lowest BCUT2D eigenvalue weighted by Gasteiger charge is -2.35. The number of piperazine rings is 1. The molecule has 2 nitrogen and oxygen atoms in total. The van der Waals surface area contributed by atoms with Crippen LogP contribution in [0.4, 0.5) is 0 Å². The van der Waals surface area contributed by atoms with Crippen LogP contribution in [-0.2, 0) is 13.1 Å². The van der Waals surface area contributed by atoms with Crippen LogP contribution in [0.25, 0.3) is 0 Å². The molecule has 23 heavy (non-hydrogen) atoms. The van der Waals surface area contributed by atoms with Crippen molar-refractivity contribution in [3.63, 3.8) is 0 Å². The van der Waals surface area contributed by atoms with E-state index in [-0.39, 0.29) is 0 Å². The van der Waals surface area contributed by atoms with Crippen LogP contribution >= 0.6 is 39.1 Å².